The molecule has 4 rings (SSSR count). The van der Waals surface area contributed by atoms with Crippen molar-refractivity contribution in [1.29, 1.82) is 0 Å². The number of aromatic nitrogens is 3. The SMILES string of the molecule is Cn1cc(CC(=O)N2CC[C@H](Oc3ncccn3)C2)c2ccccc21. The lowest BCUT2D eigenvalue weighted by molar-refractivity contribution is -0.129. The van der Waals surface area contributed by atoms with Gasteiger partial charge in [0.2, 0.25) is 5.91 Å². The first kappa shape index (κ1) is 15.6. The first-order chi connectivity index (χ1) is 12.2. The Kier molecular flexibility index (Phi) is 4.09. The third-order valence-corrected chi connectivity index (χ3v) is 4.63. The largest absolute Gasteiger partial charge is 0.458 e. The van der Waals surface area contributed by atoms with Gasteiger partial charge in [0.15, 0.2) is 0 Å². The maximum Gasteiger partial charge on any atom is 0.316 e. The van der Waals surface area contributed by atoms with Gasteiger partial charge >= 0.3 is 6.01 Å². The summed E-state index contributed by atoms with van der Waals surface area (Å²) in [5.74, 6) is 0.136. The summed E-state index contributed by atoms with van der Waals surface area (Å²) in [5, 5.41) is 1.14. The average molecular weight is 336 g/mol. The number of amides is 1. The molecule has 1 saturated heterocycles. The van der Waals surface area contributed by atoms with Crippen LogP contribution in [0.3, 0.4) is 0 Å². The fourth-order valence-corrected chi connectivity index (χ4v) is 3.39. The molecule has 0 unspecified atom stereocenters. The molecule has 1 amide bonds. The maximum atomic E-state index is 12.7. The van der Waals surface area contributed by atoms with Crippen molar-refractivity contribution >= 4 is 16.8 Å². The zero-order chi connectivity index (χ0) is 17.2. The number of hydrogen-bond donors (Lipinski definition) is 0. The summed E-state index contributed by atoms with van der Waals surface area (Å²) in [6.45, 7) is 1.29. The highest BCUT2D eigenvalue weighted by Crippen LogP contribution is 2.22. The predicted molar refractivity (Wildman–Crippen MR) is 94.3 cm³/mol. The van der Waals surface area contributed by atoms with E-state index in [2.05, 4.69) is 26.7 Å². The van der Waals surface area contributed by atoms with Gasteiger partial charge in [0.25, 0.3) is 0 Å². The van der Waals surface area contributed by atoms with Crippen LogP contribution in [-0.2, 0) is 18.3 Å². The van der Waals surface area contributed by atoms with Gasteiger partial charge in [0, 0.05) is 49.5 Å². The number of fused-ring (bicyclic) bond motifs is 1. The number of likely N-dealkylation sites (tertiary alicyclic amines) is 1. The van der Waals surface area contributed by atoms with Gasteiger partial charge in [-0.15, -0.1) is 0 Å². The third kappa shape index (κ3) is 3.20. The van der Waals surface area contributed by atoms with E-state index >= 15 is 0 Å². The molecule has 6 nitrogen and oxygen atoms in total. The summed E-state index contributed by atoms with van der Waals surface area (Å²) in [6, 6.07) is 10.3. The van der Waals surface area contributed by atoms with Crippen LogP contribution in [0.5, 0.6) is 6.01 Å². The van der Waals surface area contributed by atoms with Gasteiger partial charge in [0.05, 0.1) is 13.0 Å². The minimum absolute atomic E-state index is 0.0427. The molecule has 0 bridgehead atoms. The van der Waals surface area contributed by atoms with Crippen LogP contribution in [0.2, 0.25) is 0 Å². The van der Waals surface area contributed by atoms with Crippen LogP contribution in [-0.4, -0.2) is 44.5 Å². The number of benzene rings is 1. The summed E-state index contributed by atoms with van der Waals surface area (Å²) in [6.07, 6.45) is 6.53. The number of nitrogens with zero attached hydrogens (tertiary/aromatic N) is 4. The zero-order valence-corrected chi connectivity index (χ0v) is 14.1. The molecule has 0 saturated carbocycles. The Hall–Kier alpha value is -2.89. The number of carbonyl (C=O) groups excluding carboxylic acids is 1. The molecule has 3 aromatic rings. The molecule has 1 atom stereocenters. The van der Waals surface area contributed by atoms with Crippen LogP contribution in [0.1, 0.15) is 12.0 Å². The van der Waals surface area contributed by atoms with Crippen molar-refractivity contribution in [2.75, 3.05) is 13.1 Å². The van der Waals surface area contributed by atoms with Crippen LogP contribution < -0.4 is 4.74 Å². The van der Waals surface area contributed by atoms with Crippen molar-refractivity contribution in [2.24, 2.45) is 7.05 Å². The van der Waals surface area contributed by atoms with Gasteiger partial charge in [-0.25, -0.2) is 9.97 Å². The lowest BCUT2D eigenvalue weighted by Gasteiger charge is -2.16. The van der Waals surface area contributed by atoms with Gasteiger partial charge in [-0.1, -0.05) is 18.2 Å². The van der Waals surface area contributed by atoms with E-state index in [0.717, 1.165) is 22.9 Å². The van der Waals surface area contributed by atoms with Crippen molar-refractivity contribution in [1.82, 2.24) is 19.4 Å². The quantitative estimate of drug-likeness (QED) is 0.733. The number of rotatable bonds is 4. The van der Waals surface area contributed by atoms with E-state index in [-0.39, 0.29) is 12.0 Å². The Bertz CT molecular complexity index is 891. The van der Waals surface area contributed by atoms with E-state index in [0.29, 0.717) is 25.5 Å². The third-order valence-electron chi connectivity index (χ3n) is 4.63. The Morgan fingerprint density at radius 2 is 2.04 bits per heavy atom. The second-order valence-corrected chi connectivity index (χ2v) is 6.36. The van der Waals surface area contributed by atoms with Crippen LogP contribution in [0, 0.1) is 0 Å². The lowest BCUT2D eigenvalue weighted by Crippen LogP contribution is -2.32. The minimum atomic E-state index is -0.0427. The molecule has 1 aliphatic heterocycles. The Morgan fingerprint density at radius 3 is 2.88 bits per heavy atom. The maximum absolute atomic E-state index is 12.7. The molecule has 128 valence electrons. The van der Waals surface area contributed by atoms with Crippen molar-refractivity contribution in [2.45, 2.75) is 18.9 Å². The number of hydrogen-bond acceptors (Lipinski definition) is 4. The second-order valence-electron chi connectivity index (χ2n) is 6.36. The van der Waals surface area contributed by atoms with E-state index in [4.69, 9.17) is 4.74 Å². The molecular formula is C19H20N4O2. The van der Waals surface area contributed by atoms with Crippen molar-refractivity contribution in [3.63, 3.8) is 0 Å². The van der Waals surface area contributed by atoms with E-state index in [9.17, 15) is 4.79 Å². The summed E-state index contributed by atoms with van der Waals surface area (Å²) >= 11 is 0. The Balaban J connectivity index is 1.42. The van der Waals surface area contributed by atoms with Crippen molar-refractivity contribution in [3.05, 3.63) is 54.5 Å². The van der Waals surface area contributed by atoms with E-state index in [1.807, 2.05) is 30.3 Å². The van der Waals surface area contributed by atoms with Gasteiger partial charge in [-0.2, -0.15) is 0 Å². The molecule has 0 N–H and O–H groups in total. The summed E-state index contributed by atoms with van der Waals surface area (Å²) in [7, 11) is 2.01. The van der Waals surface area contributed by atoms with Crippen LogP contribution in [0.4, 0.5) is 0 Å². The van der Waals surface area contributed by atoms with Gasteiger partial charge < -0.3 is 14.2 Å². The number of para-hydroxylation sites is 1. The Labute approximate surface area is 146 Å². The topological polar surface area (TPSA) is 60.2 Å². The monoisotopic (exact) mass is 336 g/mol. The van der Waals surface area contributed by atoms with Gasteiger partial charge in [-0.3, -0.25) is 4.79 Å². The molecule has 3 heterocycles. The normalized spacial score (nSPS) is 17.2. The van der Waals surface area contributed by atoms with Crippen LogP contribution >= 0.6 is 0 Å². The molecule has 0 radical (unpaired) electrons. The fourth-order valence-electron chi connectivity index (χ4n) is 3.39. The fraction of sp³-hybridized carbons (Fsp3) is 0.316. The highest BCUT2D eigenvalue weighted by molar-refractivity contribution is 5.89. The number of carbonyl (C=O) groups is 1. The molecule has 2 aromatic heterocycles. The predicted octanol–water partition coefficient (Wildman–Crippen LogP) is 2.19. The van der Waals surface area contributed by atoms with Crippen molar-refractivity contribution in [3.8, 4) is 6.01 Å². The first-order valence-corrected chi connectivity index (χ1v) is 8.45. The molecule has 25 heavy (non-hydrogen) atoms. The average Bonchev–Trinajstić information content (AvgIpc) is 3.22. The van der Waals surface area contributed by atoms with Gasteiger partial charge in [0.1, 0.15) is 6.10 Å². The number of ether oxygens (including phenoxy) is 1. The van der Waals surface area contributed by atoms with Crippen LogP contribution in [0.25, 0.3) is 10.9 Å². The molecule has 1 fully saturated rings. The van der Waals surface area contributed by atoms with Crippen molar-refractivity contribution < 1.29 is 9.53 Å². The summed E-state index contributed by atoms with van der Waals surface area (Å²) in [4.78, 5) is 22.7. The molecule has 1 aromatic carbocycles. The van der Waals surface area contributed by atoms with E-state index in [1.165, 1.54) is 0 Å². The van der Waals surface area contributed by atoms with E-state index < -0.39 is 0 Å². The van der Waals surface area contributed by atoms with E-state index in [1.54, 1.807) is 18.5 Å². The highest BCUT2D eigenvalue weighted by Gasteiger charge is 2.28. The number of aryl methyl sites for hydroxylation is 1. The summed E-state index contributed by atoms with van der Waals surface area (Å²) < 4.78 is 7.83. The molecule has 6 heteroatoms. The molecule has 0 spiro atoms. The zero-order valence-electron chi connectivity index (χ0n) is 14.1. The first-order valence-electron chi connectivity index (χ1n) is 8.45. The smallest absolute Gasteiger partial charge is 0.316 e. The van der Waals surface area contributed by atoms with Crippen LogP contribution in [0.15, 0.2) is 48.9 Å². The standard InChI is InChI=1S/C19H20N4O2/c1-22-12-14(16-5-2-3-6-17(16)22)11-18(24)23-10-7-15(13-23)25-19-20-8-4-9-21-19/h2-6,8-9,12,15H,7,10-11,13H2,1H3/t15-/m0/s1. The minimum Gasteiger partial charge on any atom is -0.458 e. The highest BCUT2D eigenvalue weighted by atomic mass is 16.5. The molecular weight excluding hydrogens is 316 g/mol. The molecule has 1 aliphatic rings. The molecule has 0 aliphatic carbocycles. The summed E-state index contributed by atoms with van der Waals surface area (Å²) in [5.41, 5.74) is 2.22. The second kappa shape index (κ2) is 6.55. The van der Waals surface area contributed by atoms with Gasteiger partial charge in [-0.05, 0) is 17.7 Å². The Morgan fingerprint density at radius 1 is 1.24 bits per heavy atom. The lowest BCUT2D eigenvalue weighted by atomic mass is 10.1.